The first-order valence-electron chi connectivity index (χ1n) is 6.89. The Morgan fingerprint density at radius 3 is 2.57 bits per heavy atom. The lowest BCUT2D eigenvalue weighted by atomic mass is 10.2. The summed E-state index contributed by atoms with van der Waals surface area (Å²) in [5.74, 6) is 0.0955. The van der Waals surface area contributed by atoms with Crippen LogP contribution in [-0.2, 0) is 20.4 Å². The Kier molecular flexibility index (Phi) is 5.05. The molecule has 1 heterocycles. The fourth-order valence-electron chi connectivity index (χ4n) is 1.94. The second kappa shape index (κ2) is 6.82. The van der Waals surface area contributed by atoms with Crippen molar-refractivity contribution in [1.82, 2.24) is 10.3 Å². The maximum Gasteiger partial charge on any atom is 0.237 e. The maximum atomic E-state index is 12.2. The van der Waals surface area contributed by atoms with Crippen LogP contribution in [0, 0.1) is 0 Å². The fourth-order valence-corrected chi connectivity index (χ4v) is 3.18. The summed E-state index contributed by atoms with van der Waals surface area (Å²) < 4.78 is 34.7. The molecule has 8 heteroatoms. The minimum absolute atomic E-state index is 0.256. The second-order valence-electron chi connectivity index (χ2n) is 4.94. The molecule has 0 aliphatic rings. The van der Waals surface area contributed by atoms with Gasteiger partial charge in [-0.25, -0.2) is 13.4 Å². The van der Waals surface area contributed by atoms with Gasteiger partial charge >= 0.3 is 0 Å². The van der Waals surface area contributed by atoms with E-state index < -0.39 is 21.0 Å². The first-order valence-corrected chi connectivity index (χ1v) is 8.61. The minimum atomic E-state index is -3.66. The van der Waals surface area contributed by atoms with E-state index in [1.165, 1.54) is 20.2 Å². The van der Waals surface area contributed by atoms with E-state index in [4.69, 9.17) is 9.15 Å². The summed E-state index contributed by atoms with van der Waals surface area (Å²) >= 11 is 0. The summed E-state index contributed by atoms with van der Waals surface area (Å²) in [4.78, 5) is 15.7. The van der Waals surface area contributed by atoms with E-state index >= 15 is 0 Å². The smallest absolute Gasteiger partial charge is 0.237 e. The van der Waals surface area contributed by atoms with Crippen LogP contribution in [0.15, 0.2) is 34.9 Å². The zero-order chi connectivity index (χ0) is 17.0. The molecule has 0 bridgehead atoms. The monoisotopic (exact) mass is 338 g/mol. The van der Waals surface area contributed by atoms with Crippen LogP contribution >= 0.6 is 0 Å². The number of nitrogens with one attached hydrogen (secondary N) is 1. The van der Waals surface area contributed by atoms with E-state index in [-0.39, 0.29) is 11.4 Å². The van der Waals surface area contributed by atoms with E-state index in [1.807, 2.05) is 0 Å². The van der Waals surface area contributed by atoms with Crippen molar-refractivity contribution >= 4 is 15.7 Å². The van der Waals surface area contributed by atoms with E-state index in [2.05, 4.69) is 10.3 Å². The molecule has 1 aromatic carbocycles. The second-order valence-corrected chi connectivity index (χ2v) is 7.26. The van der Waals surface area contributed by atoms with Gasteiger partial charge in [0.05, 0.1) is 18.6 Å². The van der Waals surface area contributed by atoms with Crippen LogP contribution < -0.4 is 10.1 Å². The third-order valence-corrected chi connectivity index (χ3v) is 5.38. The predicted molar refractivity (Wildman–Crippen MR) is 84.6 cm³/mol. The highest BCUT2D eigenvalue weighted by Crippen LogP contribution is 2.22. The van der Waals surface area contributed by atoms with E-state index in [9.17, 15) is 13.2 Å². The molecule has 1 N–H and O–H groups in total. The molecular weight excluding hydrogens is 320 g/mol. The number of hydrogen-bond donors (Lipinski definition) is 1. The first kappa shape index (κ1) is 17.0. The Hall–Kier alpha value is -2.35. The van der Waals surface area contributed by atoms with Crippen LogP contribution in [0.3, 0.4) is 0 Å². The number of carbonyl (C=O) groups is 1. The molecular formula is C15H18N2O5S. The number of ether oxygens (including phenoxy) is 1. The quantitative estimate of drug-likeness (QED) is 0.855. The van der Waals surface area contributed by atoms with E-state index in [1.54, 1.807) is 31.4 Å². The average molecular weight is 338 g/mol. The van der Waals surface area contributed by atoms with Crippen molar-refractivity contribution < 1.29 is 22.4 Å². The highest BCUT2D eigenvalue weighted by Gasteiger charge is 2.28. The molecule has 23 heavy (non-hydrogen) atoms. The van der Waals surface area contributed by atoms with Crippen molar-refractivity contribution in [1.29, 1.82) is 0 Å². The van der Waals surface area contributed by atoms with Crippen molar-refractivity contribution in [3.05, 3.63) is 36.2 Å². The number of oxazole rings is 1. The predicted octanol–water partition coefficient (Wildman–Crippen LogP) is 1.40. The average Bonchev–Trinajstić information content (AvgIpc) is 3.01. The van der Waals surface area contributed by atoms with Crippen LogP contribution in [0.1, 0.15) is 12.6 Å². The molecule has 1 atom stereocenters. The first-order chi connectivity index (χ1) is 10.9. The minimum Gasteiger partial charge on any atom is -0.497 e. The van der Waals surface area contributed by atoms with Gasteiger partial charge in [0.25, 0.3) is 0 Å². The number of rotatable bonds is 6. The Morgan fingerprint density at radius 1 is 1.35 bits per heavy atom. The number of methoxy groups -OCH3 is 1. The number of carbonyl (C=O) groups excluding carboxylic acids is 1. The molecule has 1 aromatic heterocycles. The number of amides is 1. The molecule has 2 aromatic rings. The summed E-state index contributed by atoms with van der Waals surface area (Å²) in [6.07, 6.45) is 1.29. The van der Waals surface area contributed by atoms with Crippen molar-refractivity contribution in [2.75, 3.05) is 14.2 Å². The summed E-state index contributed by atoms with van der Waals surface area (Å²) in [5.41, 5.74) is 0.959. The summed E-state index contributed by atoms with van der Waals surface area (Å²) in [7, 11) is -0.697. The molecule has 0 spiro atoms. The molecule has 0 unspecified atom stereocenters. The third kappa shape index (κ3) is 3.89. The molecule has 124 valence electrons. The SMILES string of the molecule is CNC(=O)[C@@H](C)S(=O)(=O)Cc1coc(-c2ccc(OC)cc2)n1. The van der Waals surface area contributed by atoms with Crippen LogP contribution in [0.2, 0.25) is 0 Å². The molecule has 0 aliphatic carbocycles. The van der Waals surface area contributed by atoms with Gasteiger partial charge in [0.15, 0.2) is 9.84 Å². The fraction of sp³-hybridized carbons (Fsp3) is 0.333. The standard InChI is InChI=1S/C15H18N2O5S/c1-10(14(18)16-2)23(19,20)9-12-8-22-15(17-12)11-4-6-13(21-3)7-5-11/h4-8,10H,9H2,1-3H3,(H,16,18)/t10-/m1/s1. The van der Waals surface area contributed by atoms with Gasteiger partial charge in [-0.1, -0.05) is 0 Å². The van der Waals surface area contributed by atoms with Gasteiger partial charge < -0.3 is 14.5 Å². The number of sulfone groups is 1. The van der Waals surface area contributed by atoms with Gasteiger partial charge in [-0.15, -0.1) is 0 Å². The summed E-state index contributed by atoms with van der Waals surface area (Å²) in [6.45, 7) is 1.35. The lowest BCUT2D eigenvalue weighted by molar-refractivity contribution is -0.119. The Balaban J connectivity index is 2.17. The molecule has 7 nitrogen and oxygen atoms in total. The number of benzene rings is 1. The number of aromatic nitrogens is 1. The van der Waals surface area contributed by atoms with Gasteiger partial charge in [0, 0.05) is 12.6 Å². The molecule has 0 radical (unpaired) electrons. The zero-order valence-corrected chi connectivity index (χ0v) is 13.9. The van der Waals surface area contributed by atoms with Gasteiger partial charge in [0.1, 0.15) is 17.3 Å². The van der Waals surface area contributed by atoms with Crippen molar-refractivity contribution in [3.8, 4) is 17.2 Å². The highest BCUT2D eigenvalue weighted by atomic mass is 32.2. The summed E-state index contributed by atoms with van der Waals surface area (Å²) in [5, 5.41) is 1.18. The van der Waals surface area contributed by atoms with Crippen molar-refractivity contribution in [3.63, 3.8) is 0 Å². The topological polar surface area (TPSA) is 98.5 Å². The van der Waals surface area contributed by atoms with Gasteiger partial charge in [-0.3, -0.25) is 4.79 Å². The summed E-state index contributed by atoms with van der Waals surface area (Å²) in [6, 6.07) is 7.03. The molecule has 0 saturated heterocycles. The zero-order valence-electron chi connectivity index (χ0n) is 13.1. The number of hydrogen-bond acceptors (Lipinski definition) is 6. The van der Waals surface area contributed by atoms with Crippen LogP contribution in [0.5, 0.6) is 5.75 Å². The van der Waals surface area contributed by atoms with E-state index in [0.717, 1.165) is 0 Å². The molecule has 0 fully saturated rings. The van der Waals surface area contributed by atoms with Gasteiger partial charge in [-0.05, 0) is 31.2 Å². The Bertz CT molecular complexity index is 780. The van der Waals surface area contributed by atoms with Gasteiger partial charge in [-0.2, -0.15) is 0 Å². The Labute approximate surface area is 134 Å². The molecule has 1 amide bonds. The van der Waals surface area contributed by atoms with E-state index in [0.29, 0.717) is 17.2 Å². The maximum absolute atomic E-state index is 12.2. The highest BCUT2D eigenvalue weighted by molar-refractivity contribution is 7.92. The van der Waals surface area contributed by atoms with Crippen LogP contribution in [0.25, 0.3) is 11.5 Å². The van der Waals surface area contributed by atoms with Gasteiger partial charge in [0.2, 0.25) is 11.8 Å². The Morgan fingerprint density at radius 2 is 2.00 bits per heavy atom. The lowest BCUT2D eigenvalue weighted by Gasteiger charge is -2.09. The third-order valence-electron chi connectivity index (χ3n) is 3.39. The molecule has 2 rings (SSSR count). The number of nitrogens with zero attached hydrogens (tertiary/aromatic N) is 1. The van der Waals surface area contributed by atoms with Crippen LogP contribution in [-0.4, -0.2) is 38.7 Å². The molecule has 0 aliphatic heterocycles. The van der Waals surface area contributed by atoms with Crippen LogP contribution in [0.4, 0.5) is 0 Å². The van der Waals surface area contributed by atoms with Crippen molar-refractivity contribution in [2.45, 2.75) is 17.9 Å². The largest absolute Gasteiger partial charge is 0.497 e. The normalized spacial score (nSPS) is 12.7. The molecule has 0 saturated carbocycles. The lowest BCUT2D eigenvalue weighted by Crippen LogP contribution is -2.36. The van der Waals surface area contributed by atoms with Crippen molar-refractivity contribution in [2.24, 2.45) is 0 Å².